The predicted octanol–water partition coefficient (Wildman–Crippen LogP) is 5.84. The number of ether oxygens (including phenoxy) is 2. The molecule has 2 bridgehead atoms. The van der Waals surface area contributed by atoms with Gasteiger partial charge in [0.05, 0.1) is 6.04 Å². The van der Waals surface area contributed by atoms with Crippen molar-refractivity contribution in [3.05, 3.63) is 65.7 Å². The summed E-state index contributed by atoms with van der Waals surface area (Å²) in [6.45, 7) is 11.9. The molecule has 240 valence electrons. The van der Waals surface area contributed by atoms with E-state index in [2.05, 4.69) is 30.2 Å². The van der Waals surface area contributed by atoms with Crippen molar-refractivity contribution in [1.29, 1.82) is 0 Å². The van der Waals surface area contributed by atoms with Gasteiger partial charge in [-0.05, 0) is 56.9 Å². The Balaban J connectivity index is 1.29. The molecule has 0 aromatic heterocycles. The number of nitrogens with zero attached hydrogens (tertiary/aromatic N) is 2. The summed E-state index contributed by atoms with van der Waals surface area (Å²) in [5.74, 6) is 1.24. The van der Waals surface area contributed by atoms with E-state index in [1.54, 1.807) is 0 Å². The van der Waals surface area contributed by atoms with Crippen molar-refractivity contribution in [2.24, 2.45) is 11.8 Å². The van der Waals surface area contributed by atoms with Gasteiger partial charge in [0.25, 0.3) is 0 Å². The number of piperidine rings is 1. The second-order valence-electron chi connectivity index (χ2n) is 13.7. The third-order valence-corrected chi connectivity index (χ3v) is 10.5. The molecule has 6 rings (SSSR count). The molecule has 0 unspecified atom stereocenters. The average molecular weight is 615 g/mol. The molecule has 2 heterocycles. The highest BCUT2D eigenvalue weighted by Crippen LogP contribution is 2.65. The summed E-state index contributed by atoms with van der Waals surface area (Å²) in [6, 6.07) is 10.9. The van der Waals surface area contributed by atoms with Crippen LogP contribution in [0.3, 0.4) is 0 Å². The number of aromatic hydroxyl groups is 1. The smallest absolute Gasteiger partial charge is 0.308 e. The number of carbonyl (C=O) groups excluding carboxylic acids is 3. The molecule has 1 spiro atoms. The topological polar surface area (TPSA) is 96.4 Å². The summed E-state index contributed by atoms with van der Waals surface area (Å²) < 4.78 is 12.5. The van der Waals surface area contributed by atoms with Gasteiger partial charge in [-0.2, -0.15) is 0 Å². The van der Waals surface area contributed by atoms with Crippen molar-refractivity contribution >= 4 is 17.7 Å². The lowest BCUT2D eigenvalue weighted by Gasteiger charge is -2.60. The fourth-order valence-corrected chi connectivity index (χ4v) is 8.88. The van der Waals surface area contributed by atoms with Crippen molar-refractivity contribution in [2.45, 2.75) is 95.7 Å². The molecule has 4 aliphatic rings. The summed E-state index contributed by atoms with van der Waals surface area (Å²) in [4.78, 5) is 43.3. The molecular formula is C37H46N2O6. The Morgan fingerprint density at radius 2 is 1.93 bits per heavy atom. The maximum Gasteiger partial charge on any atom is 0.308 e. The molecule has 2 aliphatic heterocycles. The Labute approximate surface area is 266 Å². The molecule has 1 N–H and O–H groups in total. The largest absolute Gasteiger partial charge is 0.508 e. The zero-order chi connectivity index (χ0) is 31.9. The van der Waals surface area contributed by atoms with Gasteiger partial charge in [-0.15, -0.1) is 6.58 Å². The van der Waals surface area contributed by atoms with Gasteiger partial charge in [0.15, 0.2) is 17.3 Å². The number of phenols is 1. The van der Waals surface area contributed by atoms with E-state index in [0.29, 0.717) is 50.0 Å². The minimum atomic E-state index is -0.466. The number of esters is 1. The van der Waals surface area contributed by atoms with Crippen LogP contribution in [0.15, 0.2) is 49.1 Å². The van der Waals surface area contributed by atoms with Gasteiger partial charge >= 0.3 is 5.97 Å². The summed E-state index contributed by atoms with van der Waals surface area (Å²) in [5, 5.41) is 11.3. The number of ketones is 1. The maximum absolute atomic E-state index is 14.0. The molecule has 45 heavy (non-hydrogen) atoms. The number of carbonyl (C=O) groups is 3. The van der Waals surface area contributed by atoms with Gasteiger partial charge in [-0.1, -0.05) is 50.3 Å². The first-order chi connectivity index (χ1) is 21.6. The Hall–Kier alpha value is -3.65. The van der Waals surface area contributed by atoms with Crippen molar-refractivity contribution < 1.29 is 29.0 Å². The second kappa shape index (κ2) is 12.6. The average Bonchev–Trinajstić information content (AvgIpc) is 3.35. The van der Waals surface area contributed by atoms with Crippen LogP contribution in [0.4, 0.5) is 0 Å². The van der Waals surface area contributed by atoms with Crippen LogP contribution in [0.2, 0.25) is 0 Å². The van der Waals surface area contributed by atoms with Crippen molar-refractivity contribution in [3.8, 4) is 17.2 Å². The highest BCUT2D eigenvalue weighted by molar-refractivity contribution is 5.96. The second-order valence-corrected chi connectivity index (χ2v) is 13.7. The molecule has 2 aromatic rings. The molecular weight excluding hydrogens is 568 g/mol. The van der Waals surface area contributed by atoms with Gasteiger partial charge in [0.2, 0.25) is 5.91 Å². The SMILES string of the molecule is C=CCN1CC[C@]23c4c5c(O)cc(OC(C)=O)c4O[C@H]2[C@@H](N(CC(C)C)C(=O)CCCCC(=O)c2ccccc2)CC[C@H]3[C@H]1C5. The molecule has 1 saturated carbocycles. The Morgan fingerprint density at radius 1 is 1.18 bits per heavy atom. The summed E-state index contributed by atoms with van der Waals surface area (Å²) in [5.41, 5.74) is 2.19. The zero-order valence-electron chi connectivity index (χ0n) is 26.8. The number of amides is 1. The van der Waals surface area contributed by atoms with Gasteiger partial charge in [-0.25, -0.2) is 0 Å². The highest BCUT2D eigenvalue weighted by Gasteiger charge is 2.67. The molecule has 1 amide bonds. The van der Waals surface area contributed by atoms with Gasteiger partial charge in [0.1, 0.15) is 11.9 Å². The molecule has 2 fully saturated rings. The van der Waals surface area contributed by atoms with Crippen LogP contribution >= 0.6 is 0 Å². The Bertz CT molecular complexity index is 1470. The fraction of sp³-hybridized carbons (Fsp3) is 0.541. The van der Waals surface area contributed by atoms with E-state index in [0.717, 1.165) is 43.5 Å². The minimum absolute atomic E-state index is 0.0926. The first-order valence-corrected chi connectivity index (χ1v) is 16.6. The van der Waals surface area contributed by atoms with E-state index in [1.807, 2.05) is 36.4 Å². The van der Waals surface area contributed by atoms with Crippen molar-refractivity contribution in [2.75, 3.05) is 19.6 Å². The molecule has 5 atom stereocenters. The standard InChI is InChI=1S/C37H46N2O6/c1-5-18-38-19-17-37-27-15-16-28(36(37)45-35-32(44-24(4)40)21-31(42)26(34(35)37)20-29(27)38)39(22-23(2)3)33(43)14-10-9-13-30(41)25-11-7-6-8-12-25/h5-8,11-12,21,23,27-29,36,42H,1,9-10,13-20,22H2,2-4H3/t27-,28-,29+,36-,37-/m0/s1. The zero-order valence-corrected chi connectivity index (χ0v) is 26.8. The quantitative estimate of drug-likeness (QED) is 0.106. The maximum atomic E-state index is 14.0. The molecule has 8 nitrogen and oxygen atoms in total. The number of hydrogen-bond acceptors (Lipinski definition) is 7. The van der Waals surface area contributed by atoms with Crippen LogP contribution in [0.25, 0.3) is 0 Å². The Kier molecular flexibility index (Phi) is 8.79. The van der Waals surface area contributed by atoms with E-state index in [1.165, 1.54) is 13.0 Å². The van der Waals surface area contributed by atoms with Crippen LogP contribution in [0.5, 0.6) is 17.2 Å². The summed E-state index contributed by atoms with van der Waals surface area (Å²) in [7, 11) is 0. The Morgan fingerprint density at radius 3 is 2.64 bits per heavy atom. The van der Waals surface area contributed by atoms with Crippen LogP contribution < -0.4 is 9.47 Å². The lowest BCUT2D eigenvalue weighted by molar-refractivity contribution is -0.143. The number of unbranched alkanes of at least 4 members (excludes halogenated alkanes) is 1. The molecule has 1 saturated heterocycles. The fourth-order valence-electron chi connectivity index (χ4n) is 8.88. The first-order valence-electron chi connectivity index (χ1n) is 16.6. The first kappa shape index (κ1) is 31.3. The molecule has 0 radical (unpaired) electrons. The van der Waals surface area contributed by atoms with E-state index in [-0.39, 0.29) is 58.6 Å². The summed E-state index contributed by atoms with van der Waals surface area (Å²) in [6.07, 6.45) is 7.03. The van der Waals surface area contributed by atoms with E-state index in [4.69, 9.17) is 9.47 Å². The number of rotatable bonds is 12. The third kappa shape index (κ3) is 5.56. The normalized spacial score (nSPS) is 26.1. The lowest BCUT2D eigenvalue weighted by atomic mass is 9.50. The number of Topliss-reactive ketones (excluding diaryl/α,β-unsaturated/α-hetero) is 1. The van der Waals surface area contributed by atoms with Gasteiger partial charge in [-0.3, -0.25) is 19.3 Å². The van der Waals surface area contributed by atoms with Crippen molar-refractivity contribution in [3.63, 3.8) is 0 Å². The minimum Gasteiger partial charge on any atom is -0.508 e. The van der Waals surface area contributed by atoms with Crippen molar-refractivity contribution in [1.82, 2.24) is 9.80 Å². The third-order valence-electron chi connectivity index (χ3n) is 10.5. The lowest BCUT2D eigenvalue weighted by Crippen LogP contribution is -2.69. The highest BCUT2D eigenvalue weighted by atomic mass is 16.6. The van der Waals surface area contributed by atoms with E-state index >= 15 is 0 Å². The van der Waals surface area contributed by atoms with E-state index < -0.39 is 5.97 Å². The monoisotopic (exact) mass is 614 g/mol. The predicted molar refractivity (Wildman–Crippen MR) is 172 cm³/mol. The van der Waals surface area contributed by atoms with Crippen LogP contribution in [0, 0.1) is 11.8 Å². The summed E-state index contributed by atoms with van der Waals surface area (Å²) >= 11 is 0. The number of benzene rings is 2. The van der Waals surface area contributed by atoms with Crippen LogP contribution in [0.1, 0.15) is 87.2 Å². The number of likely N-dealkylation sites (tertiary alicyclic amines) is 1. The molecule has 8 heteroatoms. The van der Waals surface area contributed by atoms with Crippen LogP contribution in [-0.4, -0.2) is 70.4 Å². The van der Waals surface area contributed by atoms with Gasteiger partial charge < -0.3 is 19.5 Å². The number of phenolic OH excluding ortho intramolecular Hbond substituents is 1. The molecule has 2 aromatic carbocycles. The number of hydrogen-bond donors (Lipinski definition) is 1. The van der Waals surface area contributed by atoms with Gasteiger partial charge in [0, 0.05) is 67.1 Å². The van der Waals surface area contributed by atoms with Crippen LogP contribution in [-0.2, 0) is 21.4 Å². The van der Waals surface area contributed by atoms with E-state index in [9.17, 15) is 19.5 Å². The molecule has 2 aliphatic carbocycles.